The van der Waals surface area contributed by atoms with Crippen LogP contribution >= 0.6 is 0 Å². The largest absolute Gasteiger partial charge is 0.487 e. The molecule has 1 aromatic heterocycles. The summed E-state index contributed by atoms with van der Waals surface area (Å²) in [6.07, 6.45) is 5.31. The van der Waals surface area contributed by atoms with E-state index >= 15 is 0 Å². The van der Waals surface area contributed by atoms with Crippen molar-refractivity contribution >= 4 is 0 Å². The maximum absolute atomic E-state index is 6.52. The van der Waals surface area contributed by atoms with Crippen LogP contribution in [0.3, 0.4) is 0 Å². The summed E-state index contributed by atoms with van der Waals surface area (Å²) in [6, 6.07) is 8.83. The smallest absolute Gasteiger partial charge is 0.125 e. The fraction of sp³-hybridized carbons (Fsp3) is 0.609. The maximum Gasteiger partial charge on any atom is 0.125 e. The molecule has 0 unspecified atom stereocenters. The molecule has 5 rings (SSSR count). The van der Waals surface area contributed by atoms with Crippen molar-refractivity contribution in [1.29, 1.82) is 0 Å². The second-order valence-corrected chi connectivity index (χ2v) is 9.78. The minimum atomic E-state index is -0.208. The first-order valence-electron chi connectivity index (χ1n) is 10.5. The number of fused-ring (bicyclic) bond motifs is 3. The van der Waals surface area contributed by atoms with Gasteiger partial charge in [-0.25, -0.2) is 4.98 Å². The van der Waals surface area contributed by atoms with E-state index in [-0.39, 0.29) is 17.1 Å². The molecule has 4 heterocycles. The predicted molar refractivity (Wildman–Crippen MR) is 108 cm³/mol. The normalized spacial score (nSPS) is 27.8. The van der Waals surface area contributed by atoms with Crippen LogP contribution in [0.5, 0.6) is 5.75 Å². The van der Waals surface area contributed by atoms with Crippen LogP contribution in [0.4, 0.5) is 0 Å². The molecule has 0 bridgehead atoms. The summed E-state index contributed by atoms with van der Waals surface area (Å²) in [7, 11) is 0. The summed E-state index contributed by atoms with van der Waals surface area (Å²) in [6.45, 7) is 12.8. The first-order valence-corrected chi connectivity index (χ1v) is 10.5. The summed E-state index contributed by atoms with van der Waals surface area (Å²) >= 11 is 0. The van der Waals surface area contributed by atoms with Gasteiger partial charge in [-0.3, -0.25) is 4.90 Å². The van der Waals surface area contributed by atoms with Crippen molar-refractivity contribution in [3.05, 3.63) is 48.0 Å². The number of para-hydroxylation sites is 1. The van der Waals surface area contributed by atoms with E-state index in [4.69, 9.17) is 9.47 Å². The van der Waals surface area contributed by atoms with Crippen LogP contribution < -0.4 is 4.74 Å². The van der Waals surface area contributed by atoms with E-state index in [1.165, 1.54) is 5.56 Å². The van der Waals surface area contributed by atoms with Gasteiger partial charge in [0.25, 0.3) is 0 Å². The molecule has 2 fully saturated rings. The van der Waals surface area contributed by atoms with Gasteiger partial charge in [-0.2, -0.15) is 0 Å². The summed E-state index contributed by atoms with van der Waals surface area (Å²) in [5, 5.41) is 0. The van der Waals surface area contributed by atoms with Gasteiger partial charge in [-0.1, -0.05) is 18.2 Å². The van der Waals surface area contributed by atoms with Crippen molar-refractivity contribution < 1.29 is 9.47 Å². The van der Waals surface area contributed by atoms with Gasteiger partial charge in [-0.05, 0) is 40.2 Å². The lowest BCUT2D eigenvalue weighted by Crippen LogP contribution is -2.63. The predicted octanol–water partition coefficient (Wildman–Crippen LogP) is 4.21. The number of likely N-dealkylation sites (tertiary alicyclic amines) is 1. The SMILES string of the molecule is CC(C)n1ccnc1CN1CC2(CO[C@@H]3c4ccccc4OC(C)(C)[C@H]3C2)C1. The van der Waals surface area contributed by atoms with Crippen LogP contribution in [0.1, 0.15) is 57.6 Å². The van der Waals surface area contributed by atoms with Crippen LogP contribution in [0, 0.1) is 11.3 Å². The number of aromatic nitrogens is 2. The van der Waals surface area contributed by atoms with E-state index in [2.05, 4.69) is 66.5 Å². The van der Waals surface area contributed by atoms with Gasteiger partial charge in [0.05, 0.1) is 19.3 Å². The Morgan fingerprint density at radius 3 is 2.79 bits per heavy atom. The molecule has 2 atom stereocenters. The maximum atomic E-state index is 6.52. The second kappa shape index (κ2) is 6.33. The number of rotatable bonds is 3. The van der Waals surface area contributed by atoms with Gasteiger partial charge >= 0.3 is 0 Å². The fourth-order valence-corrected chi connectivity index (χ4v) is 5.47. The Labute approximate surface area is 167 Å². The number of benzene rings is 1. The first-order chi connectivity index (χ1) is 13.4. The highest BCUT2D eigenvalue weighted by Gasteiger charge is 2.55. The van der Waals surface area contributed by atoms with Crippen LogP contribution in [-0.4, -0.2) is 39.7 Å². The van der Waals surface area contributed by atoms with Crippen molar-refractivity contribution in [2.75, 3.05) is 19.7 Å². The molecule has 5 heteroatoms. The quantitative estimate of drug-likeness (QED) is 0.798. The average Bonchev–Trinajstić information content (AvgIpc) is 3.09. The van der Waals surface area contributed by atoms with E-state index < -0.39 is 0 Å². The molecule has 150 valence electrons. The van der Waals surface area contributed by atoms with Crippen LogP contribution in [0.15, 0.2) is 36.7 Å². The lowest BCUT2D eigenvalue weighted by Gasteiger charge is -2.58. The van der Waals surface area contributed by atoms with Crippen molar-refractivity contribution in [1.82, 2.24) is 14.5 Å². The number of nitrogens with zero attached hydrogens (tertiary/aromatic N) is 3. The third-order valence-corrected chi connectivity index (χ3v) is 6.87. The second-order valence-electron chi connectivity index (χ2n) is 9.78. The zero-order valence-corrected chi connectivity index (χ0v) is 17.4. The minimum Gasteiger partial charge on any atom is -0.487 e. The summed E-state index contributed by atoms with van der Waals surface area (Å²) in [5.41, 5.74) is 1.26. The van der Waals surface area contributed by atoms with Gasteiger partial charge in [0, 0.05) is 48.4 Å². The van der Waals surface area contributed by atoms with E-state index in [9.17, 15) is 0 Å². The summed E-state index contributed by atoms with van der Waals surface area (Å²) in [4.78, 5) is 7.09. The average molecular weight is 382 g/mol. The van der Waals surface area contributed by atoms with Crippen molar-refractivity contribution in [2.45, 2.75) is 58.4 Å². The molecule has 0 amide bonds. The summed E-state index contributed by atoms with van der Waals surface area (Å²) in [5.74, 6) is 2.53. The molecule has 2 aromatic rings. The van der Waals surface area contributed by atoms with Crippen molar-refractivity contribution in [2.24, 2.45) is 11.3 Å². The highest BCUT2D eigenvalue weighted by atomic mass is 16.5. The molecule has 3 aliphatic rings. The first kappa shape index (κ1) is 18.2. The van der Waals surface area contributed by atoms with E-state index in [1.54, 1.807) is 0 Å². The molecule has 5 nitrogen and oxygen atoms in total. The van der Waals surface area contributed by atoms with E-state index in [1.807, 2.05) is 12.3 Å². The molecule has 0 radical (unpaired) electrons. The van der Waals surface area contributed by atoms with Crippen LogP contribution in [0.25, 0.3) is 0 Å². The lowest BCUT2D eigenvalue weighted by atomic mass is 9.64. The molecule has 1 spiro atoms. The lowest BCUT2D eigenvalue weighted by molar-refractivity contribution is -0.200. The zero-order chi connectivity index (χ0) is 19.5. The standard InChI is InChI=1S/C23H31N3O2/c1-16(2)26-10-9-24-20(26)12-25-13-23(14-25)11-18-21(27-15-23)17-7-5-6-8-19(17)28-22(18,3)4/h5-10,16,18,21H,11-15H2,1-4H3/t18-,21+/m0/s1. The number of imidazole rings is 1. The molecule has 1 aromatic carbocycles. The Kier molecular flexibility index (Phi) is 4.11. The van der Waals surface area contributed by atoms with Crippen LogP contribution in [-0.2, 0) is 11.3 Å². The van der Waals surface area contributed by atoms with E-state index in [0.717, 1.165) is 44.2 Å². The van der Waals surface area contributed by atoms with Gasteiger partial charge < -0.3 is 14.0 Å². The molecule has 0 N–H and O–H groups in total. The van der Waals surface area contributed by atoms with Gasteiger partial charge in [-0.15, -0.1) is 0 Å². The zero-order valence-electron chi connectivity index (χ0n) is 17.4. The molecule has 0 aliphatic carbocycles. The number of ether oxygens (including phenoxy) is 2. The Morgan fingerprint density at radius 1 is 1.21 bits per heavy atom. The van der Waals surface area contributed by atoms with Crippen molar-refractivity contribution in [3.8, 4) is 5.75 Å². The van der Waals surface area contributed by atoms with Gasteiger partial charge in [0.2, 0.25) is 0 Å². The highest BCUT2D eigenvalue weighted by molar-refractivity contribution is 5.39. The molecule has 2 saturated heterocycles. The Balaban J connectivity index is 1.30. The molecule has 3 aliphatic heterocycles. The third kappa shape index (κ3) is 2.87. The summed E-state index contributed by atoms with van der Waals surface area (Å²) < 4.78 is 15.2. The van der Waals surface area contributed by atoms with Crippen LogP contribution in [0.2, 0.25) is 0 Å². The molecule has 0 saturated carbocycles. The Bertz CT molecular complexity index is 866. The van der Waals surface area contributed by atoms with Gasteiger partial charge in [0.15, 0.2) is 0 Å². The third-order valence-electron chi connectivity index (χ3n) is 6.87. The van der Waals surface area contributed by atoms with Gasteiger partial charge in [0.1, 0.15) is 17.2 Å². The van der Waals surface area contributed by atoms with Crippen molar-refractivity contribution in [3.63, 3.8) is 0 Å². The fourth-order valence-electron chi connectivity index (χ4n) is 5.47. The highest BCUT2D eigenvalue weighted by Crippen LogP contribution is 2.55. The Hall–Kier alpha value is -1.85. The molecular weight excluding hydrogens is 350 g/mol. The monoisotopic (exact) mass is 381 g/mol. The molecular formula is C23H31N3O2. The minimum absolute atomic E-state index is 0.152. The Morgan fingerprint density at radius 2 is 2.00 bits per heavy atom. The number of hydrogen-bond acceptors (Lipinski definition) is 4. The van der Waals surface area contributed by atoms with E-state index in [0.29, 0.717) is 12.0 Å². The molecule has 28 heavy (non-hydrogen) atoms. The number of hydrogen-bond donors (Lipinski definition) is 0. The topological polar surface area (TPSA) is 39.5 Å².